The van der Waals surface area contributed by atoms with E-state index in [0.717, 1.165) is 11.8 Å². The molecule has 1 N–H and O–H groups in total. The Morgan fingerprint density at radius 1 is 0.975 bits per heavy atom. The van der Waals surface area contributed by atoms with Crippen LogP contribution in [0.5, 0.6) is 5.75 Å². The van der Waals surface area contributed by atoms with Crippen molar-refractivity contribution in [2.24, 2.45) is 0 Å². The number of nitrogens with zero attached hydrogens (tertiary/aromatic N) is 6. The van der Waals surface area contributed by atoms with Crippen molar-refractivity contribution in [2.45, 2.75) is 19.0 Å². The third kappa shape index (κ3) is 5.17. The van der Waals surface area contributed by atoms with Gasteiger partial charge < -0.3 is 14.6 Å². The Labute approximate surface area is 230 Å². The lowest BCUT2D eigenvalue weighted by atomic mass is 10.0. The number of pyridine rings is 1. The number of tetrazole rings is 1. The maximum atomic E-state index is 14.5. The van der Waals surface area contributed by atoms with Crippen LogP contribution >= 0.6 is 0 Å². The summed E-state index contributed by atoms with van der Waals surface area (Å²) in [6.07, 6.45) is 0.751. The number of ether oxygens (including phenoxy) is 1. The number of rotatable bonds is 8. The molecule has 204 valence electrons. The summed E-state index contributed by atoms with van der Waals surface area (Å²) in [4.78, 5) is 20.9. The first kappa shape index (κ1) is 25.7. The number of benzene rings is 3. The van der Waals surface area contributed by atoms with Crippen molar-refractivity contribution >= 4 is 16.6 Å². The zero-order valence-corrected chi connectivity index (χ0v) is 22.2. The highest BCUT2D eigenvalue weighted by molar-refractivity contribution is 5.80. The highest BCUT2D eigenvalue weighted by Crippen LogP contribution is 2.30. The maximum Gasteiger partial charge on any atom is 0.253 e. The van der Waals surface area contributed by atoms with Crippen LogP contribution in [-0.2, 0) is 13.0 Å². The number of fused-ring (bicyclic) bond motifs is 1. The highest BCUT2D eigenvalue weighted by atomic mass is 19.1. The molecule has 0 aliphatic carbocycles. The first-order chi connectivity index (χ1) is 19.6. The van der Waals surface area contributed by atoms with Crippen LogP contribution in [-0.4, -0.2) is 63.4 Å². The molecule has 1 aliphatic heterocycles. The van der Waals surface area contributed by atoms with Crippen molar-refractivity contribution in [1.82, 2.24) is 30.1 Å². The van der Waals surface area contributed by atoms with Gasteiger partial charge >= 0.3 is 0 Å². The lowest BCUT2D eigenvalue weighted by Gasteiger charge is -2.39. The predicted molar refractivity (Wildman–Crippen MR) is 151 cm³/mol. The second-order valence-corrected chi connectivity index (χ2v) is 9.88. The quantitative estimate of drug-likeness (QED) is 0.321. The van der Waals surface area contributed by atoms with Crippen LogP contribution in [0.1, 0.15) is 23.0 Å². The highest BCUT2D eigenvalue weighted by Gasteiger charge is 2.33. The first-order valence-corrected chi connectivity index (χ1v) is 13.3. The van der Waals surface area contributed by atoms with E-state index in [1.54, 1.807) is 23.9 Å². The van der Waals surface area contributed by atoms with E-state index in [1.807, 2.05) is 53.4 Å². The SMILES string of the molecule is COc1ccc2cc(C(c3nnnn3CCc3ccccc3)N3CCN(c4ccccc4F)CC3)c(=O)[nH]c2c1. The monoisotopic (exact) mass is 539 g/mol. The lowest BCUT2D eigenvalue weighted by molar-refractivity contribution is 0.199. The number of H-pyrrole nitrogens is 1. The molecule has 10 heteroatoms. The fourth-order valence-corrected chi connectivity index (χ4v) is 5.40. The zero-order valence-electron chi connectivity index (χ0n) is 22.2. The Morgan fingerprint density at radius 2 is 1.75 bits per heavy atom. The van der Waals surface area contributed by atoms with Gasteiger partial charge in [0.2, 0.25) is 0 Å². The molecular formula is C30H30FN7O2. The molecule has 5 aromatic rings. The molecule has 3 aromatic carbocycles. The fourth-order valence-electron chi connectivity index (χ4n) is 5.40. The summed E-state index contributed by atoms with van der Waals surface area (Å²) in [6, 6.07) is 24.0. The summed E-state index contributed by atoms with van der Waals surface area (Å²) in [5, 5.41) is 13.6. The largest absolute Gasteiger partial charge is 0.497 e. The van der Waals surface area contributed by atoms with Crippen molar-refractivity contribution in [3.63, 3.8) is 0 Å². The van der Waals surface area contributed by atoms with Gasteiger partial charge in [-0.15, -0.1) is 5.10 Å². The van der Waals surface area contributed by atoms with Gasteiger partial charge in [-0.3, -0.25) is 9.69 Å². The van der Waals surface area contributed by atoms with E-state index >= 15 is 0 Å². The molecule has 0 spiro atoms. The molecule has 9 nitrogen and oxygen atoms in total. The van der Waals surface area contributed by atoms with E-state index in [9.17, 15) is 9.18 Å². The van der Waals surface area contributed by atoms with Gasteiger partial charge in [0.25, 0.3) is 5.56 Å². The molecule has 1 atom stereocenters. The summed E-state index contributed by atoms with van der Waals surface area (Å²) in [6.45, 7) is 2.98. The number of para-hydroxylation sites is 1. The van der Waals surface area contributed by atoms with Crippen molar-refractivity contribution < 1.29 is 9.13 Å². The molecule has 1 unspecified atom stereocenters. The van der Waals surface area contributed by atoms with Gasteiger partial charge in [-0.25, -0.2) is 9.07 Å². The molecule has 1 fully saturated rings. The van der Waals surface area contributed by atoms with Crippen LogP contribution < -0.4 is 15.2 Å². The number of aromatic nitrogens is 5. The van der Waals surface area contributed by atoms with Crippen molar-refractivity contribution in [3.8, 4) is 5.75 Å². The molecule has 0 amide bonds. The van der Waals surface area contributed by atoms with Gasteiger partial charge in [0.1, 0.15) is 17.6 Å². The van der Waals surface area contributed by atoms with Gasteiger partial charge in [-0.2, -0.15) is 0 Å². The van der Waals surface area contributed by atoms with Crippen LogP contribution in [0.4, 0.5) is 10.1 Å². The van der Waals surface area contributed by atoms with E-state index < -0.39 is 6.04 Å². The van der Waals surface area contributed by atoms with Crippen molar-refractivity contribution in [2.75, 3.05) is 38.2 Å². The molecule has 0 radical (unpaired) electrons. The number of aromatic amines is 1. The van der Waals surface area contributed by atoms with E-state index in [0.29, 0.717) is 61.1 Å². The fraction of sp³-hybridized carbons (Fsp3) is 0.267. The van der Waals surface area contributed by atoms with Crippen LogP contribution in [0.3, 0.4) is 0 Å². The smallest absolute Gasteiger partial charge is 0.253 e. The van der Waals surface area contributed by atoms with Gasteiger partial charge in [-0.1, -0.05) is 42.5 Å². The average Bonchev–Trinajstić information content (AvgIpc) is 3.45. The number of piperazine rings is 1. The maximum absolute atomic E-state index is 14.5. The number of methoxy groups -OCH3 is 1. The van der Waals surface area contributed by atoms with Gasteiger partial charge in [-0.05, 0) is 58.1 Å². The van der Waals surface area contributed by atoms with Crippen LogP contribution in [0, 0.1) is 5.82 Å². The molecule has 1 aliphatic rings. The number of anilines is 1. The number of hydrogen-bond donors (Lipinski definition) is 1. The van der Waals surface area contributed by atoms with Crippen molar-refractivity contribution in [3.05, 3.63) is 112 Å². The summed E-state index contributed by atoms with van der Waals surface area (Å²) in [5.74, 6) is 1.04. The molecule has 2 aromatic heterocycles. The van der Waals surface area contributed by atoms with E-state index in [1.165, 1.54) is 11.6 Å². The second kappa shape index (κ2) is 11.3. The standard InChI is InChI=1S/C30H30FN7O2/c1-40-23-12-11-22-19-24(30(39)32-26(22)20-23)28(29-33-34-35-38(29)14-13-21-7-3-2-4-8-21)37-17-15-36(16-18-37)27-10-6-5-9-25(27)31/h2-12,19-20,28H,13-18H2,1H3,(H,32,39). The summed E-state index contributed by atoms with van der Waals surface area (Å²) < 4.78 is 21.6. The predicted octanol–water partition coefficient (Wildman–Crippen LogP) is 3.82. The minimum atomic E-state index is -0.483. The van der Waals surface area contributed by atoms with E-state index in [2.05, 4.69) is 37.5 Å². The summed E-state index contributed by atoms with van der Waals surface area (Å²) in [5.41, 5.74) is 2.81. The van der Waals surface area contributed by atoms with E-state index in [4.69, 9.17) is 4.74 Å². The number of hydrogen-bond acceptors (Lipinski definition) is 7. The third-order valence-corrected chi connectivity index (χ3v) is 7.51. The second-order valence-electron chi connectivity index (χ2n) is 9.88. The van der Waals surface area contributed by atoms with Gasteiger partial charge in [0, 0.05) is 44.4 Å². The Bertz CT molecular complexity index is 1660. The Hall–Kier alpha value is -4.57. The minimum Gasteiger partial charge on any atom is -0.497 e. The molecule has 1 saturated heterocycles. The van der Waals surface area contributed by atoms with E-state index in [-0.39, 0.29) is 11.4 Å². The third-order valence-electron chi connectivity index (χ3n) is 7.51. The molecule has 0 saturated carbocycles. The molecule has 3 heterocycles. The average molecular weight is 540 g/mol. The topological polar surface area (TPSA) is 92.2 Å². The minimum absolute atomic E-state index is 0.208. The normalized spacial score (nSPS) is 14.9. The molecular weight excluding hydrogens is 509 g/mol. The molecule has 0 bridgehead atoms. The zero-order chi connectivity index (χ0) is 27.5. The first-order valence-electron chi connectivity index (χ1n) is 13.3. The number of aryl methyl sites for hydroxylation is 2. The van der Waals surface area contributed by atoms with Crippen molar-refractivity contribution in [1.29, 1.82) is 0 Å². The van der Waals surface area contributed by atoms with Crippen LogP contribution in [0.2, 0.25) is 0 Å². The van der Waals surface area contributed by atoms with Gasteiger partial charge in [0.15, 0.2) is 5.82 Å². The molecule has 6 rings (SSSR count). The lowest BCUT2D eigenvalue weighted by Crippen LogP contribution is -2.49. The van der Waals surface area contributed by atoms with Crippen LogP contribution in [0.25, 0.3) is 10.9 Å². The Morgan fingerprint density at radius 3 is 2.52 bits per heavy atom. The Balaban J connectivity index is 1.35. The number of nitrogens with one attached hydrogen (secondary N) is 1. The number of halogens is 1. The molecule has 40 heavy (non-hydrogen) atoms. The Kier molecular flexibility index (Phi) is 7.24. The summed E-state index contributed by atoms with van der Waals surface area (Å²) in [7, 11) is 1.60. The summed E-state index contributed by atoms with van der Waals surface area (Å²) >= 11 is 0. The van der Waals surface area contributed by atoms with Gasteiger partial charge in [0.05, 0.1) is 18.3 Å². The van der Waals surface area contributed by atoms with Crippen LogP contribution in [0.15, 0.2) is 83.7 Å².